The van der Waals surface area contributed by atoms with Gasteiger partial charge in [0.2, 0.25) is 0 Å². The van der Waals surface area contributed by atoms with Gasteiger partial charge in [0.05, 0.1) is 5.92 Å². The third kappa shape index (κ3) is 5.60. The van der Waals surface area contributed by atoms with Crippen LogP contribution < -0.4 is 10.1 Å². The Kier molecular flexibility index (Phi) is 6.29. The van der Waals surface area contributed by atoms with Crippen molar-refractivity contribution >= 4 is 5.97 Å². The van der Waals surface area contributed by atoms with Gasteiger partial charge in [0, 0.05) is 28.8 Å². The first-order chi connectivity index (χ1) is 15.5. The van der Waals surface area contributed by atoms with Crippen molar-refractivity contribution in [2.45, 2.75) is 77.4 Å². The van der Waals surface area contributed by atoms with Crippen molar-refractivity contribution in [2.75, 3.05) is 6.54 Å². The molecule has 0 saturated heterocycles. The first-order valence-electron chi connectivity index (χ1n) is 12.0. The lowest BCUT2D eigenvalue weighted by molar-refractivity contribution is -0.138. The molecule has 1 unspecified atom stereocenters. The molecule has 2 aromatic carbocycles. The van der Waals surface area contributed by atoms with Gasteiger partial charge < -0.3 is 15.2 Å². The first kappa shape index (κ1) is 23.4. The number of aliphatic carboxylic acids is 1. The van der Waals surface area contributed by atoms with Gasteiger partial charge in [-0.15, -0.1) is 0 Å². The van der Waals surface area contributed by atoms with Crippen LogP contribution in [-0.2, 0) is 16.8 Å². The fraction of sp³-hybridized carbons (Fsp3) is 0.483. The summed E-state index contributed by atoms with van der Waals surface area (Å²) < 4.78 is 6.50. The Labute approximate surface area is 197 Å². The normalized spacial score (nSPS) is 18.9. The number of rotatable bonds is 6. The zero-order valence-corrected chi connectivity index (χ0v) is 20.4. The Morgan fingerprint density at radius 3 is 2.42 bits per heavy atom. The molecule has 4 heteroatoms. The fourth-order valence-corrected chi connectivity index (χ4v) is 4.86. The number of hydrogen-bond donors (Lipinski definition) is 2. The topological polar surface area (TPSA) is 58.6 Å². The monoisotopic (exact) mass is 445 g/mol. The molecule has 1 atom stereocenters. The average Bonchev–Trinajstić information content (AvgIpc) is 3.56. The van der Waals surface area contributed by atoms with Crippen LogP contribution in [0.25, 0.3) is 0 Å². The summed E-state index contributed by atoms with van der Waals surface area (Å²) in [4.78, 5) is 11.2. The Hall–Kier alpha value is -2.77. The molecule has 4 rings (SSSR count). The van der Waals surface area contributed by atoms with Crippen molar-refractivity contribution in [3.8, 4) is 17.6 Å². The zero-order chi connectivity index (χ0) is 23.8. The third-order valence-electron chi connectivity index (χ3n) is 6.72. The molecule has 1 aliphatic heterocycles. The predicted molar refractivity (Wildman–Crippen MR) is 132 cm³/mol. The van der Waals surface area contributed by atoms with Crippen LogP contribution in [0, 0.1) is 17.8 Å². The summed E-state index contributed by atoms with van der Waals surface area (Å²) in [6, 6.07) is 11.8. The van der Waals surface area contributed by atoms with E-state index in [-0.39, 0.29) is 11.0 Å². The van der Waals surface area contributed by atoms with Crippen LogP contribution in [0.5, 0.6) is 5.75 Å². The van der Waals surface area contributed by atoms with E-state index >= 15 is 0 Å². The predicted octanol–water partition coefficient (Wildman–Crippen LogP) is 5.61. The molecular formula is C29H35NO3. The van der Waals surface area contributed by atoms with Gasteiger partial charge in [-0.3, -0.25) is 4.79 Å². The summed E-state index contributed by atoms with van der Waals surface area (Å²) in [7, 11) is 0. The van der Waals surface area contributed by atoms with Crippen molar-refractivity contribution < 1.29 is 14.6 Å². The molecule has 1 saturated carbocycles. The summed E-state index contributed by atoms with van der Waals surface area (Å²) in [6.45, 7) is 12.4. The van der Waals surface area contributed by atoms with Gasteiger partial charge in [0.25, 0.3) is 0 Å². The molecule has 2 aliphatic rings. The van der Waals surface area contributed by atoms with E-state index in [1.807, 2.05) is 24.3 Å². The van der Waals surface area contributed by atoms with E-state index in [0.29, 0.717) is 0 Å². The number of ether oxygens (including phenoxy) is 1. The standard InChI is InChI=1S/C29H35NO3/c1-19(27(31)32)23-12-10-20(11-13-23)6-9-22-14-24(17-30-16-21-7-8-21)26-25(15-22)28(2,3)18-29(4,5)33-26/h10-15,19,21,30H,7-8,16-18H2,1-5H3,(H,31,32). The van der Waals surface area contributed by atoms with Crippen LogP contribution in [0.2, 0.25) is 0 Å². The van der Waals surface area contributed by atoms with E-state index in [1.165, 1.54) is 24.0 Å². The zero-order valence-electron chi connectivity index (χ0n) is 20.4. The number of nitrogens with one attached hydrogen (secondary N) is 1. The highest BCUT2D eigenvalue weighted by atomic mass is 16.5. The van der Waals surface area contributed by atoms with Gasteiger partial charge in [-0.05, 0) is 87.7 Å². The molecule has 0 bridgehead atoms. The Bertz CT molecular complexity index is 1100. The highest BCUT2D eigenvalue weighted by Gasteiger charge is 2.40. The molecule has 2 N–H and O–H groups in total. The van der Waals surface area contributed by atoms with Crippen molar-refractivity contribution in [3.63, 3.8) is 0 Å². The third-order valence-corrected chi connectivity index (χ3v) is 6.72. The Morgan fingerprint density at radius 1 is 1.12 bits per heavy atom. The molecule has 4 nitrogen and oxygen atoms in total. The molecular weight excluding hydrogens is 410 g/mol. The molecule has 1 heterocycles. The molecule has 0 aromatic heterocycles. The van der Waals surface area contributed by atoms with E-state index in [2.05, 4.69) is 57.0 Å². The lowest BCUT2D eigenvalue weighted by Crippen LogP contribution is -2.42. The van der Waals surface area contributed by atoms with Crippen LogP contribution in [-0.4, -0.2) is 23.2 Å². The summed E-state index contributed by atoms with van der Waals surface area (Å²) in [6.07, 6.45) is 3.61. The van der Waals surface area contributed by atoms with Crippen LogP contribution in [0.15, 0.2) is 36.4 Å². The number of fused-ring (bicyclic) bond motifs is 1. The fourth-order valence-electron chi connectivity index (χ4n) is 4.86. The minimum absolute atomic E-state index is 0.00532. The number of carboxylic acid groups (broad SMARTS) is 1. The van der Waals surface area contributed by atoms with Gasteiger partial charge in [-0.1, -0.05) is 37.8 Å². The van der Waals surface area contributed by atoms with Crippen LogP contribution in [0.1, 0.15) is 87.6 Å². The van der Waals surface area contributed by atoms with Crippen LogP contribution in [0.3, 0.4) is 0 Å². The Morgan fingerprint density at radius 2 is 1.79 bits per heavy atom. The number of carboxylic acids is 1. The van der Waals surface area contributed by atoms with Gasteiger partial charge >= 0.3 is 5.97 Å². The molecule has 0 spiro atoms. The number of benzene rings is 2. The highest BCUT2D eigenvalue weighted by Crippen LogP contribution is 2.46. The van der Waals surface area contributed by atoms with E-state index in [1.54, 1.807) is 6.92 Å². The largest absolute Gasteiger partial charge is 0.487 e. The summed E-state index contributed by atoms with van der Waals surface area (Å²) >= 11 is 0. The minimum Gasteiger partial charge on any atom is -0.487 e. The van der Waals surface area contributed by atoms with Crippen molar-refractivity contribution in [2.24, 2.45) is 5.92 Å². The van der Waals surface area contributed by atoms with Crippen molar-refractivity contribution in [1.82, 2.24) is 5.32 Å². The first-order valence-corrected chi connectivity index (χ1v) is 12.0. The molecule has 174 valence electrons. The molecule has 0 radical (unpaired) electrons. The quantitative estimate of drug-likeness (QED) is 0.567. The van der Waals surface area contributed by atoms with E-state index < -0.39 is 11.9 Å². The van der Waals surface area contributed by atoms with Gasteiger partial charge in [0.1, 0.15) is 11.4 Å². The lowest BCUT2D eigenvalue weighted by Gasteiger charge is -2.43. The van der Waals surface area contributed by atoms with E-state index in [0.717, 1.165) is 47.9 Å². The molecule has 33 heavy (non-hydrogen) atoms. The van der Waals surface area contributed by atoms with Gasteiger partial charge in [0.15, 0.2) is 0 Å². The SMILES string of the molecule is CC(C(=O)O)c1ccc(C#Cc2cc(CNCC3CC3)c3c(c2)C(C)(C)CC(C)(C)O3)cc1. The van der Waals surface area contributed by atoms with Crippen molar-refractivity contribution in [1.29, 1.82) is 0 Å². The lowest BCUT2D eigenvalue weighted by atomic mass is 9.72. The minimum atomic E-state index is -0.821. The second-order valence-electron chi connectivity index (χ2n) is 10.9. The Balaban J connectivity index is 1.64. The molecule has 1 fully saturated rings. The maximum atomic E-state index is 11.2. The second kappa shape index (κ2) is 8.88. The maximum absolute atomic E-state index is 11.2. The molecule has 0 amide bonds. The summed E-state index contributed by atoms with van der Waals surface area (Å²) in [5, 5.41) is 12.8. The smallest absolute Gasteiger partial charge is 0.310 e. The van der Waals surface area contributed by atoms with Crippen LogP contribution in [0.4, 0.5) is 0 Å². The average molecular weight is 446 g/mol. The maximum Gasteiger partial charge on any atom is 0.310 e. The van der Waals surface area contributed by atoms with E-state index in [4.69, 9.17) is 4.74 Å². The highest BCUT2D eigenvalue weighted by molar-refractivity contribution is 5.75. The summed E-state index contributed by atoms with van der Waals surface area (Å²) in [5.74, 6) is 7.09. The van der Waals surface area contributed by atoms with Crippen molar-refractivity contribution in [3.05, 3.63) is 64.2 Å². The number of hydrogen-bond acceptors (Lipinski definition) is 3. The summed E-state index contributed by atoms with van der Waals surface area (Å²) in [5.41, 5.74) is 4.83. The molecule has 1 aliphatic carbocycles. The molecule has 2 aromatic rings. The van der Waals surface area contributed by atoms with Gasteiger partial charge in [-0.25, -0.2) is 0 Å². The van der Waals surface area contributed by atoms with Crippen LogP contribution >= 0.6 is 0 Å². The number of carbonyl (C=O) groups is 1. The second-order valence-corrected chi connectivity index (χ2v) is 10.9. The van der Waals surface area contributed by atoms with Gasteiger partial charge in [-0.2, -0.15) is 0 Å². The van der Waals surface area contributed by atoms with E-state index in [9.17, 15) is 9.90 Å².